The van der Waals surface area contributed by atoms with E-state index >= 15 is 0 Å². The molecule has 0 bridgehead atoms. The average Bonchev–Trinajstić information content (AvgIpc) is 1.64. The predicted molar refractivity (Wildman–Crippen MR) is 34.7 cm³/mol. The molecule has 0 aromatic carbocycles. The fourth-order valence-electron chi connectivity index (χ4n) is 1.17. The Bertz CT molecular complexity index is 64.9. The monoisotopic (exact) mass is 114 g/mol. The molecule has 0 aliphatic carbocycles. The molecule has 2 heteroatoms. The highest BCUT2D eigenvalue weighted by molar-refractivity contribution is 4.76. The van der Waals surface area contributed by atoms with Gasteiger partial charge >= 0.3 is 0 Å². The fraction of sp³-hybridized carbons (Fsp3) is 1.00. The van der Waals surface area contributed by atoms with Crippen molar-refractivity contribution in [1.82, 2.24) is 5.32 Å². The van der Waals surface area contributed by atoms with E-state index in [0.29, 0.717) is 12.1 Å². The van der Waals surface area contributed by atoms with Crippen molar-refractivity contribution >= 4 is 0 Å². The van der Waals surface area contributed by atoms with E-state index in [2.05, 4.69) is 12.2 Å². The van der Waals surface area contributed by atoms with Crippen LogP contribution in [0.15, 0.2) is 0 Å². The number of hydrogen-bond acceptors (Lipinski definition) is 2. The summed E-state index contributed by atoms with van der Waals surface area (Å²) in [5.74, 6) is 0. The molecule has 48 valence electrons. The van der Waals surface area contributed by atoms with E-state index in [-0.39, 0.29) is 0 Å². The molecule has 1 aliphatic heterocycles. The van der Waals surface area contributed by atoms with Crippen LogP contribution in [0.4, 0.5) is 0 Å². The summed E-state index contributed by atoms with van der Waals surface area (Å²) < 4.78 is 0. The zero-order chi connectivity index (χ0) is 5.98. The van der Waals surface area contributed by atoms with E-state index in [9.17, 15) is 0 Å². The van der Waals surface area contributed by atoms with Crippen LogP contribution < -0.4 is 11.1 Å². The van der Waals surface area contributed by atoms with Gasteiger partial charge in [0.25, 0.3) is 0 Å². The standard InChI is InChI=1S/C6H14N2/c1-5-4-6(7)2-3-8-5/h5-6,8H,2-4,7H2,1H3/t5-,6?/m0/s1. The summed E-state index contributed by atoms with van der Waals surface area (Å²) in [6, 6.07) is 1.09. The quantitative estimate of drug-likeness (QED) is 0.468. The summed E-state index contributed by atoms with van der Waals surface area (Å²) in [7, 11) is 0. The first-order valence-corrected chi connectivity index (χ1v) is 3.28. The van der Waals surface area contributed by atoms with Gasteiger partial charge in [-0.25, -0.2) is 0 Å². The molecule has 2 nitrogen and oxygen atoms in total. The van der Waals surface area contributed by atoms with Crippen LogP contribution in [-0.4, -0.2) is 18.6 Å². The molecule has 0 spiro atoms. The molecule has 1 heterocycles. The molecule has 1 saturated heterocycles. The molecule has 1 unspecified atom stereocenters. The second kappa shape index (κ2) is 2.46. The highest BCUT2D eigenvalue weighted by Crippen LogP contribution is 2.04. The lowest BCUT2D eigenvalue weighted by atomic mass is 10.0. The van der Waals surface area contributed by atoms with Crippen molar-refractivity contribution < 1.29 is 0 Å². The van der Waals surface area contributed by atoms with Crippen molar-refractivity contribution in [3.63, 3.8) is 0 Å². The van der Waals surface area contributed by atoms with Gasteiger partial charge in [-0.3, -0.25) is 0 Å². The van der Waals surface area contributed by atoms with Gasteiger partial charge in [-0.05, 0) is 26.3 Å². The molecule has 1 fully saturated rings. The van der Waals surface area contributed by atoms with E-state index in [1.54, 1.807) is 0 Å². The minimum atomic E-state index is 0.450. The van der Waals surface area contributed by atoms with Crippen LogP contribution in [-0.2, 0) is 0 Å². The van der Waals surface area contributed by atoms with Gasteiger partial charge in [-0.15, -0.1) is 0 Å². The van der Waals surface area contributed by atoms with E-state index < -0.39 is 0 Å². The largest absolute Gasteiger partial charge is 0.328 e. The molecule has 3 N–H and O–H groups in total. The fourth-order valence-corrected chi connectivity index (χ4v) is 1.17. The Labute approximate surface area is 50.4 Å². The van der Waals surface area contributed by atoms with Crippen LogP contribution in [0.3, 0.4) is 0 Å². The van der Waals surface area contributed by atoms with Crippen molar-refractivity contribution in [1.29, 1.82) is 0 Å². The Morgan fingerprint density at radius 1 is 1.62 bits per heavy atom. The molecule has 1 aliphatic rings. The van der Waals surface area contributed by atoms with Crippen LogP contribution >= 0.6 is 0 Å². The lowest BCUT2D eigenvalue weighted by molar-refractivity contribution is 0.381. The highest BCUT2D eigenvalue weighted by atomic mass is 14.9. The Balaban J connectivity index is 2.23. The number of rotatable bonds is 0. The Kier molecular flexibility index (Phi) is 1.86. The highest BCUT2D eigenvalue weighted by Gasteiger charge is 2.12. The van der Waals surface area contributed by atoms with Crippen LogP contribution in [0.2, 0.25) is 0 Å². The zero-order valence-electron chi connectivity index (χ0n) is 5.35. The van der Waals surface area contributed by atoms with Gasteiger partial charge in [0.05, 0.1) is 0 Å². The predicted octanol–water partition coefficient (Wildman–Crippen LogP) is 0.0856. The van der Waals surface area contributed by atoms with Crippen LogP contribution in [0.5, 0.6) is 0 Å². The first-order valence-electron chi connectivity index (χ1n) is 3.28. The van der Waals surface area contributed by atoms with Crippen LogP contribution in [0.1, 0.15) is 19.8 Å². The number of nitrogens with one attached hydrogen (secondary N) is 1. The van der Waals surface area contributed by atoms with E-state index in [0.717, 1.165) is 19.4 Å². The molecular formula is C6H14N2. The minimum absolute atomic E-state index is 0.450. The third kappa shape index (κ3) is 1.46. The van der Waals surface area contributed by atoms with E-state index in [4.69, 9.17) is 5.73 Å². The maximum absolute atomic E-state index is 5.69. The maximum Gasteiger partial charge on any atom is 0.00656 e. The van der Waals surface area contributed by atoms with E-state index in [1.807, 2.05) is 0 Å². The first-order chi connectivity index (χ1) is 3.79. The third-order valence-corrected chi connectivity index (χ3v) is 1.66. The molecule has 0 amide bonds. The van der Waals surface area contributed by atoms with Crippen molar-refractivity contribution in [3.05, 3.63) is 0 Å². The smallest absolute Gasteiger partial charge is 0.00656 e. The second-order valence-corrected chi connectivity index (χ2v) is 2.64. The van der Waals surface area contributed by atoms with E-state index in [1.165, 1.54) is 0 Å². The SMILES string of the molecule is C[C@H]1CC(N)CCN1. The molecule has 0 saturated carbocycles. The summed E-state index contributed by atoms with van der Waals surface area (Å²) in [6.45, 7) is 3.28. The second-order valence-electron chi connectivity index (χ2n) is 2.64. The van der Waals surface area contributed by atoms with Gasteiger partial charge in [0, 0.05) is 12.1 Å². The molecule has 8 heavy (non-hydrogen) atoms. The average molecular weight is 114 g/mol. The summed E-state index contributed by atoms with van der Waals surface area (Å²) in [4.78, 5) is 0. The van der Waals surface area contributed by atoms with Crippen LogP contribution in [0, 0.1) is 0 Å². The van der Waals surface area contributed by atoms with Gasteiger partial charge in [-0.1, -0.05) is 0 Å². The molecule has 0 aromatic rings. The molecule has 0 radical (unpaired) electrons. The topological polar surface area (TPSA) is 38.0 Å². The normalized spacial score (nSPS) is 39.8. The van der Waals surface area contributed by atoms with Gasteiger partial charge in [0.15, 0.2) is 0 Å². The van der Waals surface area contributed by atoms with Gasteiger partial charge < -0.3 is 11.1 Å². The summed E-state index contributed by atoms with van der Waals surface area (Å²) >= 11 is 0. The Morgan fingerprint density at radius 3 is 2.75 bits per heavy atom. The lowest BCUT2D eigenvalue weighted by Crippen LogP contribution is -2.41. The number of hydrogen-bond donors (Lipinski definition) is 2. The third-order valence-electron chi connectivity index (χ3n) is 1.66. The van der Waals surface area contributed by atoms with Crippen molar-refractivity contribution in [2.75, 3.05) is 6.54 Å². The number of nitrogens with two attached hydrogens (primary N) is 1. The van der Waals surface area contributed by atoms with Crippen LogP contribution in [0.25, 0.3) is 0 Å². The van der Waals surface area contributed by atoms with Gasteiger partial charge in [-0.2, -0.15) is 0 Å². The first kappa shape index (κ1) is 6.05. The lowest BCUT2D eigenvalue weighted by Gasteiger charge is -2.24. The molecule has 2 atom stereocenters. The van der Waals surface area contributed by atoms with Gasteiger partial charge in [0.1, 0.15) is 0 Å². The Hall–Kier alpha value is -0.0800. The summed E-state index contributed by atoms with van der Waals surface area (Å²) in [6.07, 6.45) is 2.28. The summed E-state index contributed by atoms with van der Waals surface area (Å²) in [5, 5.41) is 3.33. The molecular weight excluding hydrogens is 100 g/mol. The summed E-state index contributed by atoms with van der Waals surface area (Å²) in [5.41, 5.74) is 5.69. The Morgan fingerprint density at radius 2 is 2.38 bits per heavy atom. The maximum atomic E-state index is 5.69. The molecule has 1 rings (SSSR count). The van der Waals surface area contributed by atoms with Crippen molar-refractivity contribution in [2.24, 2.45) is 5.73 Å². The minimum Gasteiger partial charge on any atom is -0.328 e. The molecule has 0 aromatic heterocycles. The zero-order valence-corrected chi connectivity index (χ0v) is 5.35. The number of piperidine rings is 1. The van der Waals surface area contributed by atoms with Crippen molar-refractivity contribution in [2.45, 2.75) is 31.8 Å². The van der Waals surface area contributed by atoms with Crippen molar-refractivity contribution in [3.8, 4) is 0 Å². The van der Waals surface area contributed by atoms with Gasteiger partial charge in [0.2, 0.25) is 0 Å².